The second-order valence-corrected chi connectivity index (χ2v) is 20.5. The van der Waals surface area contributed by atoms with Gasteiger partial charge < -0.3 is 57.7 Å². The minimum atomic E-state index is -4.02. The standard InChI is InChI=1S/C8H6BrNO4.C8H8BrNO2.C8H7BrO3.C8H8N2O4.C7H5BrO3.C7H8O3S.CH4O.CH4.B.BrH.2ClH.Cu.Na.Ni.H2O.H/c1-14-8(11)5-2-6(9)4-7(3-5)10(12)13;2*1-12-8(11)5-2-6(9)4-7(10)3-5;1-14-8(11)5-2-6(9)4-7(3-5)10(12)13;8-5-1-4(7(10)11)2-6(9)3-5;1-6-2-4-7(5-3-6)11(8,9)10;1-2;;;;;;;;;;/h2-4H,1H3;2-4H,10H2,1H3;2-4,10H,1H3;2-4H,9H2,1H3;1-3,9H,(H,10,11);2-5H,1H3,(H,8,9,10);2H,1H3;1H4;;3*1H;;;;1H2;/q;;;;;;;;;;;;2*+1;+2;;-1/p-3. The van der Waals surface area contributed by atoms with Gasteiger partial charge in [-0.25, -0.2) is 24.0 Å². The molecule has 3 radical (unpaired) electrons. The van der Waals surface area contributed by atoms with Gasteiger partial charge in [0.2, 0.25) is 0 Å². The monoisotopic (exact) mass is 1670 g/mol. The Morgan fingerprint density at radius 1 is 0.576 bits per heavy atom. The number of carbonyl (C=O) groups excluding carboxylic acids is 4. The number of benzene rings is 6. The molecule has 0 aromatic heterocycles. The first-order valence-electron chi connectivity index (χ1n) is 20.4. The van der Waals surface area contributed by atoms with Crippen molar-refractivity contribution < 1.29 is 149 Å². The van der Waals surface area contributed by atoms with Gasteiger partial charge in [0.05, 0.1) is 71.0 Å². The van der Waals surface area contributed by atoms with Gasteiger partial charge in [-0.1, -0.05) is 88.8 Å². The number of rotatable bonds is 8. The molecule has 6 aromatic rings. The molecule has 0 fully saturated rings. The summed E-state index contributed by atoms with van der Waals surface area (Å²) in [5.74, 6) is -3.19. The van der Waals surface area contributed by atoms with Gasteiger partial charge in [-0.15, -0.1) is 0 Å². The summed E-state index contributed by atoms with van der Waals surface area (Å²) in [6, 6.07) is 26.9. The summed E-state index contributed by atoms with van der Waals surface area (Å²) < 4.78 is 49.8. The number of nitro groups is 2. The maximum absolute atomic E-state index is 11.1. The number of ether oxygens (including phenoxy) is 4. The Morgan fingerprint density at radius 2 is 0.847 bits per heavy atom. The van der Waals surface area contributed by atoms with Crippen LogP contribution in [0.25, 0.3) is 0 Å². The van der Waals surface area contributed by atoms with Crippen molar-refractivity contribution >= 4 is 169 Å². The number of carboxylic acids is 1. The topological polar surface area (TPSA) is 427 Å². The smallest absolute Gasteiger partial charge is 1.00 e. The summed E-state index contributed by atoms with van der Waals surface area (Å²) in [5, 5.41) is 54.4. The Labute approximate surface area is 577 Å². The van der Waals surface area contributed by atoms with Crippen LogP contribution in [0.5, 0.6) is 11.5 Å². The fourth-order valence-electron chi connectivity index (χ4n) is 4.96. The number of aryl methyl sites for hydroxylation is 1. The number of phenolic OH excluding ortho intramolecular Hbond substituents is 2. The van der Waals surface area contributed by atoms with Gasteiger partial charge in [0, 0.05) is 69.1 Å². The van der Waals surface area contributed by atoms with E-state index in [0.717, 1.165) is 29.3 Å². The van der Waals surface area contributed by atoms with Gasteiger partial charge in [-0.05, 0) is 85.8 Å². The third-order valence-electron chi connectivity index (χ3n) is 8.18. The zero-order chi connectivity index (χ0) is 63.3. The summed E-state index contributed by atoms with van der Waals surface area (Å²) in [5.41, 5.74) is 13.2. The summed E-state index contributed by atoms with van der Waals surface area (Å²) in [6.45, 7) is 1.84. The number of aliphatic hydroxyl groups is 1. The molecule has 0 bridgehead atoms. The van der Waals surface area contributed by atoms with Crippen molar-refractivity contribution in [3.8, 4) is 11.5 Å². The first-order valence-corrected chi connectivity index (χ1v) is 30.1. The van der Waals surface area contributed by atoms with Gasteiger partial charge in [0.15, 0.2) is 0 Å². The first kappa shape index (κ1) is 94.2. The summed E-state index contributed by atoms with van der Waals surface area (Å²) in [6.07, 6.45) is 0. The Hall–Kier alpha value is -4.44. The van der Waals surface area contributed by atoms with Gasteiger partial charge in [0.25, 0.3) is 21.5 Å². The van der Waals surface area contributed by atoms with Gasteiger partial charge in [0.1, 0.15) is 11.5 Å². The van der Waals surface area contributed by atoms with Crippen molar-refractivity contribution in [2.45, 2.75) is 19.2 Å². The van der Waals surface area contributed by atoms with E-state index in [1.807, 2.05) is 6.92 Å². The largest absolute Gasteiger partial charge is 1.00 e. The number of anilines is 2. The molecule has 0 aliphatic rings. The third-order valence-corrected chi connectivity index (χ3v) is 10.9. The number of aliphatic hydroxyl groups excluding tert-OH is 1. The molecule has 6 aromatic carbocycles. The number of carbonyl (C=O) groups is 5. The molecule has 0 aliphatic carbocycles. The van der Waals surface area contributed by atoms with Crippen molar-refractivity contribution in [2.24, 2.45) is 0 Å². The van der Waals surface area contributed by atoms with Crippen LogP contribution in [0.15, 0.2) is 138 Å². The van der Waals surface area contributed by atoms with Crippen LogP contribution in [-0.2, 0) is 55.9 Å². The zero-order valence-electron chi connectivity index (χ0n) is 45.1. The van der Waals surface area contributed by atoms with Crippen LogP contribution in [0.4, 0.5) is 22.7 Å². The van der Waals surface area contributed by atoms with E-state index in [4.69, 9.17) is 56.8 Å². The fraction of sp³-hybridized carbons (Fsp3) is 0.146. The van der Waals surface area contributed by atoms with Crippen molar-refractivity contribution in [3.63, 3.8) is 0 Å². The van der Waals surface area contributed by atoms with E-state index in [1.54, 1.807) is 36.4 Å². The molecular weight excluding hydrogens is 1630 g/mol. The minimum Gasteiger partial charge on any atom is -1.00 e. The molecule has 0 saturated carbocycles. The van der Waals surface area contributed by atoms with Crippen LogP contribution < -0.4 is 41.0 Å². The predicted molar refractivity (Wildman–Crippen MR) is 328 cm³/mol. The van der Waals surface area contributed by atoms with E-state index < -0.39 is 43.8 Å². The molecule has 85 heavy (non-hydrogen) atoms. The fourth-order valence-corrected chi connectivity index (χ4v) is 7.39. The maximum Gasteiger partial charge on any atom is 1.00 e. The third kappa shape index (κ3) is 41.4. The molecule has 11 N–H and O–H groups in total. The van der Waals surface area contributed by atoms with E-state index in [-0.39, 0.29) is 108 Å². The molecular formula is C48H53BBr5Cl2CuN4NaNiO21S. The number of nitrogen functional groups attached to an aromatic ring is 2. The van der Waals surface area contributed by atoms with Crippen molar-refractivity contribution in [3.05, 3.63) is 187 Å². The Morgan fingerprint density at radius 3 is 1.15 bits per heavy atom. The number of nitrogens with two attached hydrogens (primary N) is 2. The predicted octanol–water partition coefficient (Wildman–Crippen LogP) is 8.34. The number of phenols is 2. The van der Waals surface area contributed by atoms with Crippen molar-refractivity contribution in [1.29, 1.82) is 0 Å². The van der Waals surface area contributed by atoms with E-state index in [9.17, 15) is 52.6 Å². The van der Waals surface area contributed by atoms with Crippen LogP contribution in [0.3, 0.4) is 0 Å². The van der Waals surface area contributed by atoms with Crippen LogP contribution >= 0.6 is 98.2 Å². The number of hydrogen-bond donors (Lipinski definition) is 7. The Bertz CT molecular complexity index is 2990. The SMILES string of the molecule is C.CO.COC(=O)c1cc(Br)cc([N+](=O)[O-])c1.COC(=O)c1cc(N)cc(Br)c1.COC(=O)c1cc(N)cc([N+](=O)[O-])c1.COC(=O)c1cc(O)cc(Br)c1.Cc1ccc(S(=O)(=O)O)cc1.O.O=C(O)c1cc(O)cc(Br)c1.[B].[Cl][Ni][Cl].[Cu][Br].[H-].[Na+]. The summed E-state index contributed by atoms with van der Waals surface area (Å²) in [4.78, 5) is 74.1. The average Bonchev–Trinajstić information content (AvgIpc) is 3.40. The molecule has 0 heterocycles. The molecule has 0 amide bonds. The van der Waals surface area contributed by atoms with E-state index in [1.165, 1.54) is 95.2 Å². The van der Waals surface area contributed by atoms with Gasteiger partial charge in [-0.3, -0.25) is 24.8 Å². The normalized spacial score (nSPS) is 8.95. The second kappa shape index (κ2) is 51.6. The number of carboxylic acid groups (broad SMARTS) is 1. The number of halogens is 7. The van der Waals surface area contributed by atoms with Gasteiger partial charge >= 0.3 is 121 Å². The van der Waals surface area contributed by atoms with Crippen LogP contribution in [0.2, 0.25) is 0 Å². The molecule has 0 saturated heterocycles. The average molecular weight is 1680 g/mol. The number of aromatic carboxylic acids is 1. The van der Waals surface area contributed by atoms with E-state index in [2.05, 4.69) is 111 Å². The van der Waals surface area contributed by atoms with E-state index in [0.29, 0.717) is 42.9 Å². The number of aromatic hydroxyl groups is 2. The molecule has 6 rings (SSSR count). The number of nitro benzene ring substituents is 2. The summed E-state index contributed by atoms with van der Waals surface area (Å²) in [7, 11) is 11.4. The van der Waals surface area contributed by atoms with Gasteiger partial charge in [-0.2, -0.15) is 8.42 Å². The summed E-state index contributed by atoms with van der Waals surface area (Å²) >= 11 is 19.6. The molecule has 25 nitrogen and oxygen atoms in total. The minimum absolute atomic E-state index is 0. The number of non-ortho nitro benzene ring substituents is 2. The molecule has 0 atom stereocenters. The molecule has 37 heteroatoms. The number of nitrogens with zero attached hydrogens (tertiary/aromatic N) is 2. The van der Waals surface area contributed by atoms with E-state index >= 15 is 0 Å². The van der Waals surface area contributed by atoms with Crippen LogP contribution in [0.1, 0.15) is 66.2 Å². The van der Waals surface area contributed by atoms with Crippen LogP contribution in [-0.4, -0.2) is 123 Å². The number of esters is 4. The first-order chi connectivity index (χ1) is 37.8. The van der Waals surface area contributed by atoms with Crippen LogP contribution in [0, 0.1) is 27.2 Å². The zero-order valence-corrected chi connectivity index (χ0v) is 58.3. The Balaban J connectivity index is -0.000000137. The molecule has 0 spiro atoms. The molecule has 0 unspecified atom stereocenters. The quantitative estimate of drug-likeness (QED) is 0.0143. The molecule has 471 valence electrons. The second-order valence-electron chi connectivity index (χ2n) is 13.8. The Kier molecular flexibility index (Phi) is 57.2. The number of hydrogen-bond acceptors (Lipinski definition) is 20. The number of methoxy groups -OCH3 is 4. The maximum atomic E-state index is 11.1. The molecule has 0 aliphatic heterocycles. The van der Waals surface area contributed by atoms with Crippen molar-refractivity contribution in [2.75, 3.05) is 47.0 Å². The van der Waals surface area contributed by atoms with Crippen molar-refractivity contribution in [1.82, 2.24) is 0 Å².